The summed E-state index contributed by atoms with van der Waals surface area (Å²) in [5.41, 5.74) is -0.0338. The molecule has 0 aromatic rings. The molecule has 2 heterocycles. The zero-order valence-corrected chi connectivity index (χ0v) is 16.4. The third kappa shape index (κ3) is 3.05. The van der Waals surface area contributed by atoms with Crippen LogP contribution in [0.15, 0.2) is 0 Å². The van der Waals surface area contributed by atoms with Gasteiger partial charge < -0.3 is 15.1 Å². The molecule has 4 aliphatic carbocycles. The predicted octanol–water partition coefficient (Wildman–Crippen LogP) is 2.05. The largest absolute Gasteiger partial charge is 0.339 e. The number of nitrogens with one attached hydrogen (secondary N) is 1. The number of rotatable bonds is 2. The Kier molecular flexibility index (Phi) is 4.98. The van der Waals surface area contributed by atoms with Gasteiger partial charge in [0, 0.05) is 26.2 Å². The molecule has 0 aromatic carbocycles. The highest BCUT2D eigenvalue weighted by Crippen LogP contribution is 2.60. The van der Waals surface area contributed by atoms with Crippen LogP contribution < -0.4 is 5.32 Å². The number of nitrogens with zero attached hydrogens (tertiary/aromatic N) is 2. The lowest BCUT2D eigenvalue weighted by Gasteiger charge is -2.57. The summed E-state index contributed by atoms with van der Waals surface area (Å²) in [6.07, 6.45) is 9.62. The van der Waals surface area contributed by atoms with E-state index in [1.165, 1.54) is 19.3 Å². The Hall–Kier alpha value is -0.810. The number of carbonyl (C=O) groups is 2. The van der Waals surface area contributed by atoms with Crippen LogP contribution in [0.2, 0.25) is 0 Å². The average Bonchev–Trinajstić information content (AvgIpc) is 3.14. The minimum atomic E-state index is -0.0338. The molecule has 4 saturated carbocycles. The van der Waals surface area contributed by atoms with Crippen LogP contribution in [-0.2, 0) is 9.59 Å². The first-order chi connectivity index (χ1) is 12.1. The van der Waals surface area contributed by atoms with Crippen LogP contribution in [0.1, 0.15) is 51.4 Å². The van der Waals surface area contributed by atoms with Crippen LogP contribution in [-0.4, -0.2) is 60.4 Å². The molecule has 146 valence electrons. The molecular formula is C20H32ClN3O2. The van der Waals surface area contributed by atoms with Gasteiger partial charge in [-0.05, 0) is 75.7 Å². The Morgan fingerprint density at radius 3 is 1.88 bits per heavy atom. The van der Waals surface area contributed by atoms with Gasteiger partial charge in [0.15, 0.2) is 0 Å². The molecule has 5 nitrogen and oxygen atoms in total. The maximum atomic E-state index is 13.4. The van der Waals surface area contributed by atoms with Gasteiger partial charge in [-0.2, -0.15) is 0 Å². The summed E-state index contributed by atoms with van der Waals surface area (Å²) in [6, 6.07) is 0.0189. The minimum Gasteiger partial charge on any atom is -0.339 e. The second kappa shape index (κ2) is 6.97. The van der Waals surface area contributed by atoms with Crippen molar-refractivity contribution in [3.8, 4) is 0 Å². The van der Waals surface area contributed by atoms with Gasteiger partial charge in [0.1, 0.15) is 0 Å². The highest BCUT2D eigenvalue weighted by molar-refractivity contribution is 5.85. The number of amides is 2. The van der Waals surface area contributed by atoms with Gasteiger partial charge in [0.2, 0.25) is 11.8 Å². The van der Waals surface area contributed by atoms with Crippen molar-refractivity contribution < 1.29 is 9.59 Å². The molecule has 6 rings (SSSR count). The molecule has 6 aliphatic rings. The van der Waals surface area contributed by atoms with Crippen molar-refractivity contribution in [1.82, 2.24) is 15.1 Å². The van der Waals surface area contributed by atoms with Crippen LogP contribution in [0.4, 0.5) is 0 Å². The summed E-state index contributed by atoms with van der Waals surface area (Å²) in [6.45, 7) is 3.86. The lowest BCUT2D eigenvalue weighted by Crippen LogP contribution is -2.59. The highest BCUT2D eigenvalue weighted by Gasteiger charge is 2.55. The van der Waals surface area contributed by atoms with Crippen molar-refractivity contribution in [3.63, 3.8) is 0 Å². The maximum Gasteiger partial charge on any atom is 0.239 e. The number of halogens is 1. The van der Waals surface area contributed by atoms with Crippen LogP contribution in [0, 0.1) is 23.2 Å². The molecule has 4 bridgehead atoms. The molecular weight excluding hydrogens is 350 g/mol. The third-order valence-electron chi connectivity index (χ3n) is 7.73. The fourth-order valence-corrected chi connectivity index (χ4v) is 6.95. The highest BCUT2D eigenvalue weighted by atomic mass is 35.5. The van der Waals surface area contributed by atoms with E-state index in [1.54, 1.807) is 0 Å². The average molecular weight is 382 g/mol. The van der Waals surface area contributed by atoms with Crippen LogP contribution in [0.3, 0.4) is 0 Å². The molecule has 6 heteroatoms. The number of carbonyl (C=O) groups excluding carboxylic acids is 2. The smallest absolute Gasteiger partial charge is 0.239 e. The number of hydrogen-bond donors (Lipinski definition) is 1. The zero-order chi connectivity index (χ0) is 17.0. The monoisotopic (exact) mass is 381 g/mol. The minimum absolute atomic E-state index is 0. The van der Waals surface area contributed by atoms with Gasteiger partial charge in [-0.3, -0.25) is 9.59 Å². The molecule has 1 unspecified atom stereocenters. The standard InChI is InChI=1S/C20H31N3O2.ClH/c24-18(17-2-1-3-21-17)22-4-6-23(7-5-22)19(25)20-11-14-8-15(12-20)10-16(9-14)13-20;/h14-17,21H,1-13H2;1H. The van der Waals surface area contributed by atoms with Crippen molar-refractivity contribution in [1.29, 1.82) is 0 Å². The number of hydrogen-bond acceptors (Lipinski definition) is 3. The first kappa shape index (κ1) is 18.5. The van der Waals surface area contributed by atoms with Crippen molar-refractivity contribution in [2.75, 3.05) is 32.7 Å². The molecule has 6 fully saturated rings. The van der Waals surface area contributed by atoms with E-state index < -0.39 is 0 Å². The fourth-order valence-electron chi connectivity index (χ4n) is 6.95. The molecule has 26 heavy (non-hydrogen) atoms. The Labute approximate surface area is 162 Å². The van der Waals surface area contributed by atoms with E-state index in [0.29, 0.717) is 5.91 Å². The maximum absolute atomic E-state index is 13.4. The van der Waals surface area contributed by atoms with E-state index in [9.17, 15) is 9.59 Å². The molecule has 1 atom stereocenters. The lowest BCUT2D eigenvalue weighted by atomic mass is 9.49. The van der Waals surface area contributed by atoms with E-state index >= 15 is 0 Å². The molecule has 2 saturated heterocycles. The second-order valence-electron chi connectivity index (χ2n) is 9.46. The molecule has 0 aromatic heterocycles. The zero-order valence-electron chi connectivity index (χ0n) is 15.6. The quantitative estimate of drug-likeness (QED) is 0.796. The van der Waals surface area contributed by atoms with E-state index in [4.69, 9.17) is 0 Å². The first-order valence-corrected chi connectivity index (χ1v) is 10.4. The van der Waals surface area contributed by atoms with E-state index in [2.05, 4.69) is 10.2 Å². The van der Waals surface area contributed by atoms with Crippen LogP contribution in [0.25, 0.3) is 0 Å². The second-order valence-corrected chi connectivity index (χ2v) is 9.46. The Bertz CT molecular complexity index is 532. The Morgan fingerprint density at radius 1 is 0.846 bits per heavy atom. The van der Waals surface area contributed by atoms with Gasteiger partial charge in [0.05, 0.1) is 11.5 Å². The van der Waals surface area contributed by atoms with Crippen molar-refractivity contribution in [2.24, 2.45) is 23.2 Å². The molecule has 0 spiro atoms. The predicted molar refractivity (Wildman–Crippen MR) is 102 cm³/mol. The van der Waals surface area contributed by atoms with E-state index in [1.807, 2.05) is 4.90 Å². The third-order valence-corrected chi connectivity index (χ3v) is 7.73. The molecule has 0 radical (unpaired) electrons. The van der Waals surface area contributed by atoms with Crippen LogP contribution >= 0.6 is 12.4 Å². The molecule has 1 N–H and O–H groups in total. The SMILES string of the molecule is Cl.O=C(C1CCCN1)N1CCN(C(=O)C23CC4CC(CC(C4)C2)C3)CC1. The normalized spacial score (nSPS) is 41.2. The summed E-state index contributed by atoms with van der Waals surface area (Å²) in [7, 11) is 0. The summed E-state index contributed by atoms with van der Waals surface area (Å²) in [4.78, 5) is 30.0. The van der Waals surface area contributed by atoms with Gasteiger partial charge in [-0.1, -0.05) is 0 Å². The van der Waals surface area contributed by atoms with Crippen molar-refractivity contribution in [2.45, 2.75) is 57.4 Å². The van der Waals surface area contributed by atoms with E-state index in [0.717, 1.165) is 82.6 Å². The lowest BCUT2D eigenvalue weighted by molar-refractivity contribution is -0.160. The van der Waals surface area contributed by atoms with Gasteiger partial charge in [0.25, 0.3) is 0 Å². The Morgan fingerprint density at radius 2 is 1.38 bits per heavy atom. The van der Waals surface area contributed by atoms with Crippen molar-refractivity contribution in [3.05, 3.63) is 0 Å². The Balaban J connectivity index is 0.00000168. The van der Waals surface area contributed by atoms with Gasteiger partial charge in [-0.25, -0.2) is 0 Å². The summed E-state index contributed by atoms with van der Waals surface area (Å²) < 4.78 is 0. The molecule has 2 amide bonds. The van der Waals surface area contributed by atoms with Gasteiger partial charge in [-0.15, -0.1) is 12.4 Å². The topological polar surface area (TPSA) is 52.7 Å². The van der Waals surface area contributed by atoms with E-state index in [-0.39, 0.29) is 29.8 Å². The van der Waals surface area contributed by atoms with Gasteiger partial charge >= 0.3 is 0 Å². The van der Waals surface area contributed by atoms with Crippen molar-refractivity contribution >= 4 is 24.2 Å². The number of piperazine rings is 1. The summed E-state index contributed by atoms with van der Waals surface area (Å²) >= 11 is 0. The summed E-state index contributed by atoms with van der Waals surface area (Å²) in [5, 5.41) is 3.30. The first-order valence-electron chi connectivity index (χ1n) is 10.4. The summed E-state index contributed by atoms with van der Waals surface area (Å²) in [5.74, 6) is 3.11. The van der Waals surface area contributed by atoms with Crippen LogP contribution in [0.5, 0.6) is 0 Å². The molecule has 2 aliphatic heterocycles. The fraction of sp³-hybridized carbons (Fsp3) is 0.900.